The Morgan fingerprint density at radius 2 is 1.71 bits per heavy atom. The SMILES string of the molecule is CNC(c1ccc(Cl)cc1F)c1c(OC)cccc1OC. The summed E-state index contributed by atoms with van der Waals surface area (Å²) in [6.07, 6.45) is 0. The van der Waals surface area contributed by atoms with Crippen LogP contribution in [0.1, 0.15) is 17.2 Å². The summed E-state index contributed by atoms with van der Waals surface area (Å²) < 4.78 is 25.0. The predicted molar refractivity (Wildman–Crippen MR) is 81.9 cm³/mol. The van der Waals surface area contributed by atoms with Crippen LogP contribution in [0.15, 0.2) is 36.4 Å². The molecule has 0 spiro atoms. The van der Waals surface area contributed by atoms with Crippen molar-refractivity contribution in [1.82, 2.24) is 5.32 Å². The molecule has 0 saturated carbocycles. The fourth-order valence-electron chi connectivity index (χ4n) is 2.36. The topological polar surface area (TPSA) is 30.5 Å². The molecular formula is C16H17ClFNO2. The molecule has 0 aliphatic rings. The van der Waals surface area contributed by atoms with Gasteiger partial charge >= 0.3 is 0 Å². The first-order valence-electron chi connectivity index (χ1n) is 6.45. The number of hydrogen-bond acceptors (Lipinski definition) is 3. The van der Waals surface area contributed by atoms with Crippen LogP contribution in [0.4, 0.5) is 4.39 Å². The van der Waals surface area contributed by atoms with E-state index in [0.717, 1.165) is 5.56 Å². The van der Waals surface area contributed by atoms with Gasteiger partial charge in [0.2, 0.25) is 0 Å². The second-order valence-corrected chi connectivity index (χ2v) is 4.90. The van der Waals surface area contributed by atoms with Crippen LogP contribution in [-0.2, 0) is 0 Å². The molecule has 2 rings (SSSR count). The molecule has 2 aromatic rings. The van der Waals surface area contributed by atoms with Crippen molar-refractivity contribution in [2.45, 2.75) is 6.04 Å². The summed E-state index contributed by atoms with van der Waals surface area (Å²) >= 11 is 5.82. The van der Waals surface area contributed by atoms with Gasteiger partial charge in [-0.05, 0) is 31.3 Å². The number of benzene rings is 2. The van der Waals surface area contributed by atoms with Crippen LogP contribution in [0.3, 0.4) is 0 Å². The van der Waals surface area contributed by atoms with Gasteiger partial charge in [-0.3, -0.25) is 0 Å². The zero-order valence-corrected chi connectivity index (χ0v) is 12.9. The van der Waals surface area contributed by atoms with Gasteiger partial charge in [0.05, 0.1) is 25.8 Å². The van der Waals surface area contributed by atoms with Crippen molar-refractivity contribution < 1.29 is 13.9 Å². The molecule has 0 bridgehead atoms. The summed E-state index contributed by atoms with van der Waals surface area (Å²) in [6, 6.07) is 9.66. The lowest BCUT2D eigenvalue weighted by Crippen LogP contribution is -2.20. The summed E-state index contributed by atoms with van der Waals surface area (Å²) in [6.45, 7) is 0. The zero-order valence-electron chi connectivity index (χ0n) is 12.1. The minimum atomic E-state index is -0.409. The average molecular weight is 310 g/mol. The molecule has 0 fully saturated rings. The van der Waals surface area contributed by atoms with Crippen molar-refractivity contribution in [3.63, 3.8) is 0 Å². The summed E-state index contributed by atoms with van der Waals surface area (Å²) in [7, 11) is 4.90. The Kier molecular flexibility index (Phi) is 5.04. The first kappa shape index (κ1) is 15.6. The van der Waals surface area contributed by atoms with E-state index in [4.69, 9.17) is 21.1 Å². The standard InChI is InChI=1S/C16H17ClFNO2/c1-19-16(11-8-7-10(17)9-12(11)18)15-13(20-2)5-4-6-14(15)21-3/h4-9,16,19H,1-3H3. The highest BCUT2D eigenvalue weighted by Gasteiger charge is 2.23. The molecule has 112 valence electrons. The molecule has 2 aromatic carbocycles. The molecular weight excluding hydrogens is 293 g/mol. The van der Waals surface area contributed by atoms with Gasteiger partial charge in [-0.2, -0.15) is 0 Å². The molecule has 1 unspecified atom stereocenters. The maximum Gasteiger partial charge on any atom is 0.129 e. The van der Waals surface area contributed by atoms with Crippen LogP contribution < -0.4 is 14.8 Å². The maximum atomic E-state index is 14.2. The molecule has 21 heavy (non-hydrogen) atoms. The first-order chi connectivity index (χ1) is 10.1. The Labute approximate surface area is 128 Å². The van der Waals surface area contributed by atoms with Crippen molar-refractivity contribution in [2.24, 2.45) is 0 Å². The van der Waals surface area contributed by atoms with Gasteiger partial charge in [0.1, 0.15) is 17.3 Å². The Balaban J connectivity index is 2.61. The molecule has 0 heterocycles. The number of ether oxygens (including phenoxy) is 2. The molecule has 3 nitrogen and oxygen atoms in total. The Bertz CT molecular complexity index is 611. The number of hydrogen-bond donors (Lipinski definition) is 1. The van der Waals surface area contributed by atoms with Crippen LogP contribution in [0.5, 0.6) is 11.5 Å². The molecule has 0 aliphatic heterocycles. The minimum absolute atomic E-state index is 0.359. The molecule has 5 heteroatoms. The quantitative estimate of drug-likeness (QED) is 0.911. The van der Waals surface area contributed by atoms with E-state index in [2.05, 4.69) is 5.32 Å². The summed E-state index contributed by atoms with van der Waals surface area (Å²) in [5.74, 6) is 0.876. The van der Waals surface area contributed by atoms with E-state index in [9.17, 15) is 4.39 Å². The second kappa shape index (κ2) is 6.78. The molecule has 1 atom stereocenters. The number of rotatable bonds is 5. The Hall–Kier alpha value is -1.78. The lowest BCUT2D eigenvalue weighted by molar-refractivity contribution is 0.377. The molecule has 0 aromatic heterocycles. The highest BCUT2D eigenvalue weighted by Crippen LogP contribution is 2.38. The summed E-state index contributed by atoms with van der Waals surface area (Å²) in [5, 5.41) is 3.46. The van der Waals surface area contributed by atoms with Crippen LogP contribution >= 0.6 is 11.6 Å². The van der Waals surface area contributed by atoms with Gasteiger partial charge < -0.3 is 14.8 Å². The summed E-state index contributed by atoms with van der Waals surface area (Å²) in [4.78, 5) is 0. The molecule has 0 saturated heterocycles. The van der Waals surface area contributed by atoms with E-state index >= 15 is 0 Å². The minimum Gasteiger partial charge on any atom is -0.496 e. The number of methoxy groups -OCH3 is 2. The normalized spacial score (nSPS) is 12.0. The van der Waals surface area contributed by atoms with Crippen LogP contribution in [-0.4, -0.2) is 21.3 Å². The molecule has 0 amide bonds. The van der Waals surface area contributed by atoms with E-state index in [1.54, 1.807) is 33.4 Å². The monoisotopic (exact) mass is 309 g/mol. The van der Waals surface area contributed by atoms with Gasteiger partial charge in [0.25, 0.3) is 0 Å². The fraction of sp³-hybridized carbons (Fsp3) is 0.250. The van der Waals surface area contributed by atoms with E-state index in [0.29, 0.717) is 22.1 Å². The second-order valence-electron chi connectivity index (χ2n) is 4.46. The van der Waals surface area contributed by atoms with E-state index in [1.165, 1.54) is 6.07 Å². The van der Waals surface area contributed by atoms with Crippen molar-refractivity contribution in [1.29, 1.82) is 0 Å². The van der Waals surface area contributed by atoms with E-state index in [1.807, 2.05) is 18.2 Å². The fourth-order valence-corrected chi connectivity index (χ4v) is 2.51. The van der Waals surface area contributed by atoms with Crippen LogP contribution in [0.25, 0.3) is 0 Å². The third kappa shape index (κ3) is 3.12. The number of nitrogens with one attached hydrogen (secondary N) is 1. The highest BCUT2D eigenvalue weighted by atomic mass is 35.5. The lowest BCUT2D eigenvalue weighted by atomic mass is 9.96. The van der Waals surface area contributed by atoms with E-state index in [-0.39, 0.29) is 5.82 Å². The lowest BCUT2D eigenvalue weighted by Gasteiger charge is -2.22. The molecule has 0 radical (unpaired) electrons. The van der Waals surface area contributed by atoms with Crippen molar-refractivity contribution in [2.75, 3.05) is 21.3 Å². The number of halogens is 2. The Morgan fingerprint density at radius 3 is 2.19 bits per heavy atom. The molecule has 1 N–H and O–H groups in total. The smallest absolute Gasteiger partial charge is 0.129 e. The molecule has 0 aliphatic carbocycles. The third-order valence-corrected chi connectivity index (χ3v) is 3.55. The van der Waals surface area contributed by atoms with Crippen molar-refractivity contribution in [3.8, 4) is 11.5 Å². The van der Waals surface area contributed by atoms with Crippen LogP contribution in [0.2, 0.25) is 5.02 Å². The van der Waals surface area contributed by atoms with Gasteiger partial charge in [-0.1, -0.05) is 23.7 Å². The highest BCUT2D eigenvalue weighted by molar-refractivity contribution is 6.30. The van der Waals surface area contributed by atoms with Gasteiger partial charge in [-0.15, -0.1) is 0 Å². The van der Waals surface area contributed by atoms with Gasteiger partial charge in [0.15, 0.2) is 0 Å². The van der Waals surface area contributed by atoms with Gasteiger partial charge in [0, 0.05) is 10.6 Å². The van der Waals surface area contributed by atoms with Gasteiger partial charge in [-0.25, -0.2) is 4.39 Å². The average Bonchev–Trinajstić information content (AvgIpc) is 2.49. The van der Waals surface area contributed by atoms with Crippen molar-refractivity contribution >= 4 is 11.6 Å². The van der Waals surface area contributed by atoms with Crippen LogP contribution in [0, 0.1) is 5.82 Å². The first-order valence-corrected chi connectivity index (χ1v) is 6.83. The summed E-state index contributed by atoms with van der Waals surface area (Å²) in [5.41, 5.74) is 1.22. The van der Waals surface area contributed by atoms with E-state index < -0.39 is 6.04 Å². The Morgan fingerprint density at radius 1 is 1.10 bits per heavy atom. The maximum absolute atomic E-state index is 14.2. The third-order valence-electron chi connectivity index (χ3n) is 3.32. The predicted octanol–water partition coefficient (Wildman–Crippen LogP) is 3.81. The largest absolute Gasteiger partial charge is 0.496 e. The zero-order chi connectivity index (χ0) is 15.4. The van der Waals surface area contributed by atoms with Crippen molar-refractivity contribution in [3.05, 3.63) is 58.4 Å².